The summed E-state index contributed by atoms with van der Waals surface area (Å²) >= 11 is 0. The van der Waals surface area contributed by atoms with Gasteiger partial charge in [-0.2, -0.15) is 0 Å². The number of hydrogen-bond acceptors (Lipinski definition) is 4. The fraction of sp³-hybridized carbons (Fsp3) is 0.375. The topological polar surface area (TPSA) is 86.8 Å². The maximum atomic E-state index is 13.9. The van der Waals surface area contributed by atoms with Crippen molar-refractivity contribution in [2.24, 2.45) is 0 Å². The summed E-state index contributed by atoms with van der Waals surface area (Å²) in [7, 11) is -4.08. The third-order valence-corrected chi connectivity index (χ3v) is 8.61. The molecule has 0 aliphatic carbocycles. The van der Waals surface area contributed by atoms with Crippen molar-refractivity contribution < 1.29 is 18.0 Å². The molecule has 2 amide bonds. The van der Waals surface area contributed by atoms with Gasteiger partial charge in [-0.1, -0.05) is 74.0 Å². The van der Waals surface area contributed by atoms with Crippen LogP contribution in [-0.2, 0) is 26.0 Å². The van der Waals surface area contributed by atoms with Crippen molar-refractivity contribution in [2.45, 2.75) is 70.9 Å². The van der Waals surface area contributed by atoms with Crippen LogP contribution in [0.25, 0.3) is 0 Å². The Kier molecular flexibility index (Phi) is 10.5. The highest BCUT2D eigenvalue weighted by atomic mass is 32.2. The highest BCUT2D eigenvalue weighted by Gasteiger charge is 2.32. The van der Waals surface area contributed by atoms with Gasteiger partial charge in [0, 0.05) is 12.6 Å². The number of carbonyl (C=O) groups excluding carboxylic acids is 2. The first-order valence-electron chi connectivity index (χ1n) is 13.7. The van der Waals surface area contributed by atoms with Crippen LogP contribution >= 0.6 is 0 Å². The smallest absolute Gasteiger partial charge is 0.264 e. The number of anilines is 1. The van der Waals surface area contributed by atoms with Gasteiger partial charge in [-0.05, 0) is 75.4 Å². The molecule has 0 heterocycles. The van der Waals surface area contributed by atoms with Crippen LogP contribution < -0.4 is 9.62 Å². The molecule has 8 heteroatoms. The summed E-state index contributed by atoms with van der Waals surface area (Å²) in [6.07, 6.45) is 0.527. The summed E-state index contributed by atoms with van der Waals surface area (Å²) in [5, 5.41) is 2.87. The van der Waals surface area contributed by atoms with E-state index in [1.807, 2.05) is 63.2 Å². The number of hydrogen-bond donors (Lipinski definition) is 1. The number of aryl methyl sites for hydroxylation is 1. The van der Waals surface area contributed by atoms with E-state index in [0.29, 0.717) is 12.1 Å². The zero-order chi connectivity index (χ0) is 29.4. The Hall–Kier alpha value is -3.65. The summed E-state index contributed by atoms with van der Waals surface area (Å²) in [5.74, 6) is -0.469. The van der Waals surface area contributed by atoms with Crippen LogP contribution in [0.4, 0.5) is 5.69 Å². The molecule has 0 radical (unpaired) electrons. The van der Waals surface area contributed by atoms with Gasteiger partial charge in [-0.25, -0.2) is 8.42 Å². The molecule has 3 rings (SSSR count). The third kappa shape index (κ3) is 7.94. The first-order chi connectivity index (χ1) is 18.9. The van der Waals surface area contributed by atoms with Gasteiger partial charge < -0.3 is 10.2 Å². The average molecular weight is 564 g/mol. The van der Waals surface area contributed by atoms with Gasteiger partial charge in [0.1, 0.15) is 12.6 Å². The molecular weight excluding hydrogens is 522 g/mol. The molecule has 0 aromatic heterocycles. The Morgan fingerprint density at radius 1 is 0.825 bits per heavy atom. The summed E-state index contributed by atoms with van der Waals surface area (Å²) in [6, 6.07) is 22.6. The molecule has 3 aromatic carbocycles. The SMILES string of the molecule is Cc1ccc(S(=O)(=O)N(CC(=O)N(CCc2ccccc2)[C@@H](C)C(=O)NC(C)C)c2ccc(C(C)C)cc2)cc1. The maximum absolute atomic E-state index is 13.9. The summed E-state index contributed by atoms with van der Waals surface area (Å²) in [5.41, 5.74) is 3.40. The minimum atomic E-state index is -4.08. The Morgan fingerprint density at radius 2 is 1.43 bits per heavy atom. The van der Waals surface area contributed by atoms with Crippen molar-refractivity contribution in [3.05, 3.63) is 95.6 Å². The highest BCUT2D eigenvalue weighted by molar-refractivity contribution is 7.92. The van der Waals surface area contributed by atoms with Crippen LogP contribution in [-0.4, -0.2) is 50.3 Å². The van der Waals surface area contributed by atoms with Gasteiger partial charge in [-0.15, -0.1) is 0 Å². The molecule has 7 nitrogen and oxygen atoms in total. The fourth-order valence-electron chi connectivity index (χ4n) is 4.37. The van der Waals surface area contributed by atoms with Crippen molar-refractivity contribution in [1.82, 2.24) is 10.2 Å². The van der Waals surface area contributed by atoms with Crippen molar-refractivity contribution in [3.63, 3.8) is 0 Å². The second-order valence-corrected chi connectivity index (χ2v) is 12.6. The van der Waals surface area contributed by atoms with Gasteiger partial charge in [0.05, 0.1) is 10.6 Å². The lowest BCUT2D eigenvalue weighted by atomic mass is 10.0. The standard InChI is InChI=1S/C32H41N3O4S/c1-23(2)28-14-16-29(17-15-28)35(40(38,39)30-18-12-25(5)13-19-30)22-31(36)34(26(6)32(37)33-24(3)4)21-20-27-10-8-7-9-11-27/h7-19,23-24,26H,20-22H2,1-6H3,(H,33,37)/t26-/m0/s1. The van der Waals surface area contributed by atoms with E-state index in [9.17, 15) is 18.0 Å². The van der Waals surface area contributed by atoms with Gasteiger partial charge in [0.2, 0.25) is 11.8 Å². The molecule has 40 heavy (non-hydrogen) atoms. The number of amides is 2. The number of benzene rings is 3. The van der Waals surface area contributed by atoms with E-state index in [-0.39, 0.29) is 29.3 Å². The van der Waals surface area contributed by atoms with Crippen LogP contribution in [0.15, 0.2) is 83.8 Å². The van der Waals surface area contributed by atoms with Crippen LogP contribution in [0, 0.1) is 6.92 Å². The Bertz CT molecular complexity index is 1370. The highest BCUT2D eigenvalue weighted by Crippen LogP contribution is 2.26. The molecule has 0 fully saturated rings. The van der Waals surface area contributed by atoms with Crippen LogP contribution in [0.5, 0.6) is 0 Å². The van der Waals surface area contributed by atoms with E-state index in [0.717, 1.165) is 21.0 Å². The number of rotatable bonds is 12. The molecule has 0 aliphatic rings. The molecular formula is C32H41N3O4S. The van der Waals surface area contributed by atoms with Crippen molar-refractivity contribution >= 4 is 27.5 Å². The van der Waals surface area contributed by atoms with Crippen molar-refractivity contribution in [1.29, 1.82) is 0 Å². The summed E-state index contributed by atoms with van der Waals surface area (Å²) in [6.45, 7) is 11.2. The van der Waals surface area contributed by atoms with E-state index in [1.165, 1.54) is 4.90 Å². The summed E-state index contributed by atoms with van der Waals surface area (Å²) < 4.78 is 29.0. The molecule has 0 spiro atoms. The lowest BCUT2D eigenvalue weighted by Gasteiger charge is -2.32. The maximum Gasteiger partial charge on any atom is 0.264 e. The van der Waals surface area contributed by atoms with Crippen LogP contribution in [0.3, 0.4) is 0 Å². The van der Waals surface area contributed by atoms with Crippen LogP contribution in [0.1, 0.15) is 57.2 Å². The lowest BCUT2D eigenvalue weighted by molar-refractivity contribution is -0.139. The van der Waals surface area contributed by atoms with Crippen molar-refractivity contribution in [2.75, 3.05) is 17.4 Å². The third-order valence-electron chi connectivity index (χ3n) is 6.82. The average Bonchev–Trinajstić information content (AvgIpc) is 2.92. The predicted molar refractivity (Wildman–Crippen MR) is 161 cm³/mol. The largest absolute Gasteiger partial charge is 0.352 e. The van der Waals surface area contributed by atoms with Gasteiger partial charge in [0.15, 0.2) is 0 Å². The van der Waals surface area contributed by atoms with E-state index >= 15 is 0 Å². The minimum Gasteiger partial charge on any atom is -0.352 e. The van der Waals surface area contributed by atoms with E-state index < -0.39 is 28.5 Å². The molecule has 214 valence electrons. The molecule has 3 aromatic rings. The number of nitrogens with one attached hydrogen (secondary N) is 1. The molecule has 0 bridgehead atoms. The molecule has 0 unspecified atom stereocenters. The first kappa shape index (κ1) is 30.9. The van der Waals surface area contributed by atoms with Crippen LogP contribution in [0.2, 0.25) is 0 Å². The summed E-state index contributed by atoms with van der Waals surface area (Å²) in [4.78, 5) is 28.5. The minimum absolute atomic E-state index is 0.0975. The second kappa shape index (κ2) is 13.6. The lowest BCUT2D eigenvalue weighted by Crippen LogP contribution is -2.53. The quantitative estimate of drug-likeness (QED) is 0.324. The van der Waals surface area contributed by atoms with Gasteiger partial charge >= 0.3 is 0 Å². The fourth-order valence-corrected chi connectivity index (χ4v) is 5.78. The predicted octanol–water partition coefficient (Wildman–Crippen LogP) is 5.30. The van der Waals surface area contributed by atoms with E-state index in [2.05, 4.69) is 19.2 Å². The second-order valence-electron chi connectivity index (χ2n) is 10.7. The molecule has 0 saturated carbocycles. The molecule has 0 saturated heterocycles. The number of nitrogens with zero attached hydrogens (tertiary/aromatic N) is 2. The molecule has 1 atom stereocenters. The van der Waals surface area contributed by atoms with Gasteiger partial charge in [-0.3, -0.25) is 13.9 Å². The first-order valence-corrected chi connectivity index (χ1v) is 15.2. The Balaban J connectivity index is 1.99. The van der Waals surface area contributed by atoms with E-state index in [1.54, 1.807) is 43.3 Å². The normalized spacial score (nSPS) is 12.3. The van der Waals surface area contributed by atoms with E-state index in [4.69, 9.17) is 0 Å². The zero-order valence-electron chi connectivity index (χ0n) is 24.3. The van der Waals surface area contributed by atoms with Gasteiger partial charge in [0.25, 0.3) is 10.0 Å². The molecule has 0 aliphatic heterocycles. The Morgan fingerprint density at radius 3 is 1.98 bits per heavy atom. The van der Waals surface area contributed by atoms with Crippen molar-refractivity contribution in [3.8, 4) is 0 Å². The Labute approximate surface area is 239 Å². The molecule has 1 N–H and O–H groups in total. The number of sulfonamides is 1. The zero-order valence-corrected chi connectivity index (χ0v) is 25.1. The number of carbonyl (C=O) groups is 2. The monoisotopic (exact) mass is 563 g/mol.